The number of nitrogens with zero attached hydrogens (tertiary/aromatic N) is 1. The van der Waals surface area contributed by atoms with E-state index in [2.05, 4.69) is 5.32 Å². The number of rotatable bonds is 7. The normalized spacial score (nSPS) is 13.2. The lowest BCUT2D eigenvalue weighted by Gasteiger charge is -2.15. The molecular weight excluding hydrogens is 284 g/mol. The maximum atomic E-state index is 11.6. The van der Waals surface area contributed by atoms with Crippen molar-refractivity contribution in [1.29, 1.82) is 0 Å². The molecule has 1 N–H and O–H groups in total. The average Bonchev–Trinajstić information content (AvgIpc) is 2.36. The second kappa shape index (κ2) is 6.78. The van der Waals surface area contributed by atoms with Crippen molar-refractivity contribution in [3.05, 3.63) is 33.9 Å². The molecule has 0 saturated carbocycles. The number of para-hydroxylation sites is 1. The summed E-state index contributed by atoms with van der Waals surface area (Å²) in [5, 5.41) is 14.2. The van der Waals surface area contributed by atoms with E-state index < -0.39 is 14.8 Å². The lowest BCUT2D eigenvalue weighted by molar-refractivity contribution is -0.388. The van der Waals surface area contributed by atoms with Gasteiger partial charge in [-0.15, -0.1) is 0 Å². The van der Waals surface area contributed by atoms with Gasteiger partial charge in [0.2, 0.25) is 0 Å². The number of benzene rings is 1. The lowest BCUT2D eigenvalue weighted by Crippen LogP contribution is -2.32. The van der Waals surface area contributed by atoms with Crippen molar-refractivity contribution in [2.75, 3.05) is 27.0 Å². The van der Waals surface area contributed by atoms with Gasteiger partial charge in [-0.25, -0.2) is 8.42 Å². The largest absolute Gasteiger partial charge is 0.383 e. The number of ether oxygens (including phenoxy) is 1. The lowest BCUT2D eigenvalue weighted by atomic mass is 10.0. The fraction of sp³-hybridized carbons (Fsp3) is 0.500. The maximum absolute atomic E-state index is 11.6. The monoisotopic (exact) mass is 302 g/mol. The number of nitro benzene ring substituents is 1. The van der Waals surface area contributed by atoms with E-state index in [1.807, 2.05) is 0 Å². The molecule has 1 atom stereocenters. The van der Waals surface area contributed by atoms with E-state index in [1.54, 1.807) is 13.1 Å². The average molecular weight is 302 g/mol. The van der Waals surface area contributed by atoms with Gasteiger partial charge >= 0.3 is 0 Å². The molecule has 1 rings (SSSR count). The number of hydrogen-bond donors (Lipinski definition) is 1. The van der Waals surface area contributed by atoms with Crippen molar-refractivity contribution in [3.8, 4) is 0 Å². The summed E-state index contributed by atoms with van der Waals surface area (Å²) in [5.74, 6) is 0. The minimum atomic E-state index is -3.65. The molecule has 112 valence electrons. The Bertz CT molecular complexity index is 586. The molecule has 0 radical (unpaired) electrons. The first kappa shape index (κ1) is 16.5. The molecule has 0 aliphatic carbocycles. The Labute approximate surface area is 118 Å². The van der Waals surface area contributed by atoms with Gasteiger partial charge in [-0.1, -0.05) is 12.1 Å². The summed E-state index contributed by atoms with van der Waals surface area (Å²) in [6.45, 7) is 0.372. The minimum Gasteiger partial charge on any atom is -0.383 e. The van der Waals surface area contributed by atoms with Crippen molar-refractivity contribution < 1.29 is 18.1 Å². The summed E-state index contributed by atoms with van der Waals surface area (Å²) < 4.78 is 28.3. The highest BCUT2D eigenvalue weighted by molar-refractivity contribution is 7.90. The smallest absolute Gasteiger partial charge is 0.291 e. The highest BCUT2D eigenvalue weighted by Gasteiger charge is 2.26. The third kappa shape index (κ3) is 3.99. The van der Waals surface area contributed by atoms with Crippen LogP contribution in [0.3, 0.4) is 0 Å². The summed E-state index contributed by atoms with van der Waals surface area (Å²) in [6.07, 6.45) is 1.27. The number of nitro groups is 1. The molecule has 7 nitrogen and oxygen atoms in total. The Balaban J connectivity index is 3.30. The fourth-order valence-corrected chi connectivity index (χ4v) is 2.83. The van der Waals surface area contributed by atoms with Crippen molar-refractivity contribution in [2.45, 2.75) is 17.4 Å². The van der Waals surface area contributed by atoms with Crippen molar-refractivity contribution >= 4 is 15.5 Å². The molecule has 0 saturated heterocycles. The van der Waals surface area contributed by atoms with Crippen LogP contribution in [-0.4, -0.2) is 46.4 Å². The van der Waals surface area contributed by atoms with Crippen molar-refractivity contribution in [3.63, 3.8) is 0 Å². The second-order valence-corrected chi connectivity index (χ2v) is 6.42. The first-order valence-electron chi connectivity index (χ1n) is 5.93. The Hall–Kier alpha value is -1.51. The summed E-state index contributed by atoms with van der Waals surface area (Å²) in [7, 11) is -0.398. The number of sulfone groups is 1. The molecule has 1 aromatic carbocycles. The SMILES string of the molecule is CNC(COC)Cc1cccc(S(C)(=O)=O)c1[N+](=O)[O-]. The number of nitrogens with one attached hydrogen (secondary N) is 1. The molecule has 0 heterocycles. The molecule has 0 bridgehead atoms. The molecule has 0 aliphatic heterocycles. The highest BCUT2D eigenvalue weighted by Crippen LogP contribution is 2.28. The molecule has 20 heavy (non-hydrogen) atoms. The zero-order valence-corrected chi connectivity index (χ0v) is 12.4. The molecule has 0 aromatic heterocycles. The van der Waals surface area contributed by atoms with Crippen LogP contribution < -0.4 is 5.32 Å². The summed E-state index contributed by atoms with van der Waals surface area (Å²) in [4.78, 5) is 10.3. The minimum absolute atomic E-state index is 0.131. The van der Waals surface area contributed by atoms with Gasteiger partial charge in [0, 0.05) is 25.0 Å². The maximum Gasteiger partial charge on any atom is 0.291 e. The van der Waals surface area contributed by atoms with E-state index in [4.69, 9.17) is 4.74 Å². The molecule has 1 unspecified atom stereocenters. The van der Waals surface area contributed by atoms with Crippen LogP contribution in [0.4, 0.5) is 5.69 Å². The van der Waals surface area contributed by atoms with Gasteiger partial charge in [0.15, 0.2) is 9.84 Å². The Morgan fingerprint density at radius 1 is 1.45 bits per heavy atom. The van der Waals surface area contributed by atoms with Crippen LogP contribution in [0.15, 0.2) is 23.1 Å². The van der Waals surface area contributed by atoms with Gasteiger partial charge in [0.25, 0.3) is 5.69 Å². The first-order valence-corrected chi connectivity index (χ1v) is 7.83. The third-order valence-corrected chi connectivity index (χ3v) is 4.04. The van der Waals surface area contributed by atoms with Gasteiger partial charge < -0.3 is 10.1 Å². The topological polar surface area (TPSA) is 98.5 Å². The van der Waals surface area contributed by atoms with E-state index in [-0.39, 0.29) is 16.6 Å². The number of hydrogen-bond acceptors (Lipinski definition) is 6. The van der Waals surface area contributed by atoms with Gasteiger partial charge in [-0.05, 0) is 19.5 Å². The number of likely N-dealkylation sites (N-methyl/N-ethyl adjacent to an activating group) is 1. The van der Waals surface area contributed by atoms with Crippen LogP contribution in [-0.2, 0) is 21.0 Å². The standard InChI is InChI=1S/C12H18N2O5S/c1-13-10(8-19-2)7-9-5-4-6-11(20(3,17)18)12(9)14(15)16/h4-6,10,13H,7-8H2,1-3H3. The zero-order valence-electron chi connectivity index (χ0n) is 11.6. The second-order valence-electron chi connectivity index (χ2n) is 4.44. The van der Waals surface area contributed by atoms with E-state index in [0.717, 1.165) is 6.26 Å². The van der Waals surface area contributed by atoms with E-state index >= 15 is 0 Å². The Morgan fingerprint density at radius 2 is 2.10 bits per heavy atom. The number of methoxy groups -OCH3 is 1. The quantitative estimate of drug-likeness (QED) is 0.590. The predicted octanol–water partition coefficient (Wildman–Crippen LogP) is 0.775. The van der Waals surface area contributed by atoms with E-state index in [1.165, 1.54) is 19.2 Å². The van der Waals surface area contributed by atoms with Crippen LogP contribution >= 0.6 is 0 Å². The zero-order chi connectivity index (χ0) is 15.3. The Morgan fingerprint density at radius 3 is 2.55 bits per heavy atom. The highest BCUT2D eigenvalue weighted by atomic mass is 32.2. The van der Waals surface area contributed by atoms with Crippen molar-refractivity contribution in [2.24, 2.45) is 0 Å². The van der Waals surface area contributed by atoms with Crippen LogP contribution in [0, 0.1) is 10.1 Å². The molecule has 1 aromatic rings. The Kier molecular flexibility index (Phi) is 5.61. The summed E-state index contributed by atoms with van der Waals surface area (Å²) in [6, 6.07) is 4.20. The van der Waals surface area contributed by atoms with Crippen LogP contribution in [0.2, 0.25) is 0 Å². The molecule has 8 heteroatoms. The molecule has 0 spiro atoms. The van der Waals surface area contributed by atoms with Crippen molar-refractivity contribution in [1.82, 2.24) is 5.32 Å². The fourth-order valence-electron chi connectivity index (χ4n) is 1.95. The summed E-state index contributed by atoms with van der Waals surface area (Å²) in [5.41, 5.74) is 0.0145. The van der Waals surface area contributed by atoms with Crippen LogP contribution in [0.1, 0.15) is 5.56 Å². The van der Waals surface area contributed by atoms with E-state index in [0.29, 0.717) is 18.6 Å². The predicted molar refractivity (Wildman–Crippen MR) is 74.6 cm³/mol. The van der Waals surface area contributed by atoms with Crippen LogP contribution in [0.5, 0.6) is 0 Å². The first-order chi connectivity index (χ1) is 9.31. The van der Waals surface area contributed by atoms with Gasteiger partial charge in [0.05, 0.1) is 11.5 Å². The molecule has 0 aliphatic rings. The van der Waals surface area contributed by atoms with E-state index in [9.17, 15) is 18.5 Å². The van der Waals surface area contributed by atoms with Gasteiger partial charge in [0.1, 0.15) is 4.90 Å². The van der Waals surface area contributed by atoms with Crippen LogP contribution in [0.25, 0.3) is 0 Å². The molecule has 0 amide bonds. The molecular formula is C12H18N2O5S. The van der Waals surface area contributed by atoms with Gasteiger partial charge in [-0.3, -0.25) is 10.1 Å². The third-order valence-electron chi connectivity index (χ3n) is 2.91. The molecule has 0 fully saturated rings. The summed E-state index contributed by atoms with van der Waals surface area (Å²) >= 11 is 0. The van der Waals surface area contributed by atoms with Gasteiger partial charge in [-0.2, -0.15) is 0 Å².